The summed E-state index contributed by atoms with van der Waals surface area (Å²) >= 11 is 0. The van der Waals surface area contributed by atoms with Crippen molar-refractivity contribution in [2.75, 3.05) is 18.0 Å². The van der Waals surface area contributed by atoms with Crippen LogP contribution in [0.4, 0.5) is 5.69 Å². The van der Waals surface area contributed by atoms with Crippen LogP contribution < -0.4 is 10.6 Å². The fraction of sp³-hybridized carbons (Fsp3) is 0.375. The molecule has 0 radical (unpaired) electrons. The summed E-state index contributed by atoms with van der Waals surface area (Å²) in [5, 5.41) is 0. The number of anilines is 1. The molecule has 1 aromatic carbocycles. The van der Waals surface area contributed by atoms with Crippen LogP contribution in [0.1, 0.15) is 28.9 Å². The molecule has 0 saturated heterocycles. The number of hydrogen-bond donors (Lipinski definition) is 1. The molecule has 21 heavy (non-hydrogen) atoms. The van der Waals surface area contributed by atoms with Crippen molar-refractivity contribution in [3.63, 3.8) is 0 Å². The van der Waals surface area contributed by atoms with Gasteiger partial charge in [-0.1, -0.05) is 18.2 Å². The Bertz CT molecular complexity index is 635. The number of nitrogens with two attached hydrogens (primary N) is 1. The van der Waals surface area contributed by atoms with Gasteiger partial charge in [0.25, 0.3) is 5.91 Å². The van der Waals surface area contributed by atoms with E-state index in [1.807, 2.05) is 27.7 Å². The van der Waals surface area contributed by atoms with Crippen molar-refractivity contribution in [2.24, 2.45) is 5.73 Å². The summed E-state index contributed by atoms with van der Waals surface area (Å²) in [7, 11) is 0. The van der Waals surface area contributed by atoms with Crippen molar-refractivity contribution in [1.29, 1.82) is 0 Å². The van der Waals surface area contributed by atoms with E-state index in [0.717, 1.165) is 31.5 Å². The number of para-hydroxylation sites is 1. The highest BCUT2D eigenvalue weighted by molar-refractivity contribution is 6.05. The maximum absolute atomic E-state index is 12.8. The first-order valence-electron chi connectivity index (χ1n) is 7.41. The predicted molar refractivity (Wildman–Crippen MR) is 82.3 cm³/mol. The van der Waals surface area contributed by atoms with Crippen LogP contribution in [0.2, 0.25) is 0 Å². The molecule has 0 unspecified atom stereocenters. The first kappa shape index (κ1) is 13.8. The lowest BCUT2D eigenvalue weighted by Crippen LogP contribution is -2.32. The summed E-state index contributed by atoms with van der Waals surface area (Å²) < 4.78 is 1.86. The molecule has 5 nitrogen and oxygen atoms in total. The van der Waals surface area contributed by atoms with E-state index < -0.39 is 0 Å². The van der Waals surface area contributed by atoms with Gasteiger partial charge < -0.3 is 15.2 Å². The van der Waals surface area contributed by atoms with Crippen LogP contribution in [0.3, 0.4) is 0 Å². The molecular weight excluding hydrogens is 264 g/mol. The van der Waals surface area contributed by atoms with Crippen molar-refractivity contribution in [3.8, 4) is 0 Å². The quantitative estimate of drug-likeness (QED) is 0.935. The Hall–Kier alpha value is -2.14. The molecule has 0 atom stereocenters. The van der Waals surface area contributed by atoms with Crippen molar-refractivity contribution >= 4 is 11.6 Å². The molecule has 2 heterocycles. The number of carbonyl (C=O) groups is 1. The van der Waals surface area contributed by atoms with Crippen LogP contribution >= 0.6 is 0 Å². The molecule has 0 saturated carbocycles. The van der Waals surface area contributed by atoms with Gasteiger partial charge in [-0.15, -0.1) is 0 Å². The molecule has 0 spiro atoms. The highest BCUT2D eigenvalue weighted by Crippen LogP contribution is 2.27. The highest BCUT2D eigenvalue weighted by atomic mass is 16.2. The SMILES string of the molecule is NCCn1cnc(C(=O)N2CCCCc3ccccc32)c1. The molecule has 0 bridgehead atoms. The van der Waals surface area contributed by atoms with E-state index in [9.17, 15) is 4.79 Å². The van der Waals surface area contributed by atoms with Crippen LogP contribution in [0.15, 0.2) is 36.8 Å². The second-order valence-corrected chi connectivity index (χ2v) is 5.33. The number of nitrogens with zero attached hydrogens (tertiary/aromatic N) is 3. The molecule has 1 aromatic heterocycles. The zero-order valence-corrected chi connectivity index (χ0v) is 12.0. The van der Waals surface area contributed by atoms with Crippen LogP contribution in [0.25, 0.3) is 0 Å². The van der Waals surface area contributed by atoms with Gasteiger partial charge >= 0.3 is 0 Å². The van der Waals surface area contributed by atoms with E-state index in [0.29, 0.717) is 18.8 Å². The zero-order valence-electron chi connectivity index (χ0n) is 12.0. The van der Waals surface area contributed by atoms with Gasteiger partial charge in [0.1, 0.15) is 5.69 Å². The van der Waals surface area contributed by atoms with Gasteiger partial charge in [-0.25, -0.2) is 4.98 Å². The number of aryl methyl sites for hydroxylation is 1. The Morgan fingerprint density at radius 2 is 2.14 bits per heavy atom. The molecular formula is C16H20N4O. The van der Waals surface area contributed by atoms with Crippen LogP contribution in [0, 0.1) is 0 Å². The Morgan fingerprint density at radius 3 is 3.00 bits per heavy atom. The van der Waals surface area contributed by atoms with Gasteiger partial charge in [-0.2, -0.15) is 0 Å². The number of rotatable bonds is 3. The number of aromatic nitrogens is 2. The van der Waals surface area contributed by atoms with Crippen LogP contribution in [-0.4, -0.2) is 28.5 Å². The summed E-state index contributed by atoms with van der Waals surface area (Å²) in [6.07, 6.45) is 6.61. The lowest BCUT2D eigenvalue weighted by Gasteiger charge is -2.21. The Balaban J connectivity index is 1.89. The molecule has 5 heteroatoms. The predicted octanol–water partition coefficient (Wildman–Crippen LogP) is 1.82. The lowest BCUT2D eigenvalue weighted by atomic mass is 10.1. The maximum atomic E-state index is 12.8. The topological polar surface area (TPSA) is 64.2 Å². The van der Waals surface area contributed by atoms with E-state index in [-0.39, 0.29) is 5.91 Å². The lowest BCUT2D eigenvalue weighted by molar-refractivity contribution is 0.0982. The van der Waals surface area contributed by atoms with Gasteiger partial charge in [-0.3, -0.25) is 4.79 Å². The fourth-order valence-corrected chi connectivity index (χ4v) is 2.78. The average molecular weight is 284 g/mol. The first-order valence-corrected chi connectivity index (χ1v) is 7.41. The van der Waals surface area contributed by atoms with E-state index in [1.54, 1.807) is 12.5 Å². The fourth-order valence-electron chi connectivity index (χ4n) is 2.78. The molecule has 1 aliphatic rings. The molecule has 0 fully saturated rings. The second kappa shape index (κ2) is 6.10. The van der Waals surface area contributed by atoms with Crippen molar-refractivity contribution in [2.45, 2.75) is 25.8 Å². The number of imidazole rings is 1. The van der Waals surface area contributed by atoms with Crippen molar-refractivity contribution in [1.82, 2.24) is 9.55 Å². The average Bonchev–Trinajstić information content (AvgIpc) is 2.86. The van der Waals surface area contributed by atoms with Crippen LogP contribution in [0.5, 0.6) is 0 Å². The molecule has 0 aliphatic carbocycles. The Morgan fingerprint density at radius 1 is 1.29 bits per heavy atom. The summed E-state index contributed by atoms with van der Waals surface area (Å²) in [6.45, 7) is 1.97. The molecule has 2 N–H and O–H groups in total. The minimum atomic E-state index is -0.0277. The summed E-state index contributed by atoms with van der Waals surface area (Å²) in [6, 6.07) is 8.14. The Kier molecular flexibility index (Phi) is 4.01. The van der Waals surface area contributed by atoms with E-state index in [1.165, 1.54) is 5.56 Å². The van der Waals surface area contributed by atoms with Gasteiger partial charge in [0, 0.05) is 31.5 Å². The van der Waals surface area contributed by atoms with E-state index >= 15 is 0 Å². The third kappa shape index (κ3) is 2.83. The number of carbonyl (C=O) groups excluding carboxylic acids is 1. The largest absolute Gasteiger partial charge is 0.335 e. The molecule has 3 rings (SSSR count). The highest BCUT2D eigenvalue weighted by Gasteiger charge is 2.23. The number of fused-ring (bicyclic) bond motifs is 1. The van der Waals surface area contributed by atoms with Crippen molar-refractivity contribution in [3.05, 3.63) is 48.0 Å². The maximum Gasteiger partial charge on any atom is 0.278 e. The van der Waals surface area contributed by atoms with Gasteiger partial charge in [0.2, 0.25) is 0 Å². The third-order valence-corrected chi connectivity index (χ3v) is 3.85. The van der Waals surface area contributed by atoms with E-state index in [4.69, 9.17) is 5.73 Å². The zero-order chi connectivity index (χ0) is 14.7. The molecule has 1 aliphatic heterocycles. The van der Waals surface area contributed by atoms with E-state index in [2.05, 4.69) is 11.1 Å². The minimum Gasteiger partial charge on any atom is -0.335 e. The number of benzene rings is 1. The first-order chi connectivity index (χ1) is 10.3. The molecule has 1 amide bonds. The summed E-state index contributed by atoms with van der Waals surface area (Å²) in [4.78, 5) is 18.8. The van der Waals surface area contributed by atoms with Crippen LogP contribution in [-0.2, 0) is 13.0 Å². The minimum absolute atomic E-state index is 0.0277. The second-order valence-electron chi connectivity index (χ2n) is 5.33. The van der Waals surface area contributed by atoms with Crippen molar-refractivity contribution < 1.29 is 4.79 Å². The number of hydrogen-bond acceptors (Lipinski definition) is 3. The van der Waals surface area contributed by atoms with Gasteiger partial charge in [0.05, 0.1) is 6.33 Å². The molecule has 2 aromatic rings. The summed E-state index contributed by atoms with van der Waals surface area (Å²) in [5.74, 6) is -0.0277. The monoisotopic (exact) mass is 284 g/mol. The van der Waals surface area contributed by atoms with Gasteiger partial charge in [-0.05, 0) is 30.9 Å². The summed E-state index contributed by atoms with van der Waals surface area (Å²) in [5.41, 5.74) is 8.28. The number of amides is 1. The molecule has 110 valence electrons. The standard InChI is InChI=1S/C16H20N4O/c17-8-10-19-11-14(18-12-19)16(21)20-9-4-3-6-13-5-1-2-7-15(13)20/h1-2,5,7,11-12H,3-4,6,8-10,17H2. The third-order valence-electron chi connectivity index (χ3n) is 3.85. The normalized spacial score (nSPS) is 14.6. The Labute approximate surface area is 124 Å². The smallest absolute Gasteiger partial charge is 0.278 e. The van der Waals surface area contributed by atoms with Gasteiger partial charge in [0.15, 0.2) is 0 Å².